The monoisotopic (exact) mass is 244 g/mol. The molecule has 0 saturated carbocycles. The van der Waals surface area contributed by atoms with Crippen LogP contribution in [0.15, 0.2) is 16.9 Å². The zero-order chi connectivity index (χ0) is 9.84. The van der Waals surface area contributed by atoms with Crippen molar-refractivity contribution in [2.45, 2.75) is 0 Å². The highest BCUT2D eigenvalue weighted by Crippen LogP contribution is 2.08. The third-order valence-corrected chi connectivity index (χ3v) is 1.75. The molecule has 70 valence electrons. The van der Waals surface area contributed by atoms with Gasteiger partial charge in [0.1, 0.15) is 0 Å². The average Bonchev–Trinajstić information content (AvgIpc) is 2.04. The minimum Gasteiger partial charge on any atom is -0.368 e. The summed E-state index contributed by atoms with van der Waals surface area (Å²) in [5, 5.41) is 0. The molecule has 1 heterocycles. The van der Waals surface area contributed by atoms with Gasteiger partial charge in [0.2, 0.25) is 11.9 Å². The Morgan fingerprint density at radius 2 is 2.15 bits per heavy atom. The Labute approximate surface area is 84.1 Å². The van der Waals surface area contributed by atoms with Gasteiger partial charge in [-0.3, -0.25) is 4.79 Å². The van der Waals surface area contributed by atoms with E-state index in [4.69, 9.17) is 5.73 Å². The maximum Gasteiger partial charge on any atom is 0.237 e. The molecule has 0 atom stereocenters. The predicted molar refractivity (Wildman–Crippen MR) is 52.2 cm³/mol. The molecular formula is C7H9BrN4O. The van der Waals surface area contributed by atoms with Crippen LogP contribution >= 0.6 is 15.9 Å². The minimum atomic E-state index is -0.408. The summed E-state index contributed by atoms with van der Waals surface area (Å²) < 4.78 is 0.795. The molecule has 1 aromatic rings. The van der Waals surface area contributed by atoms with Crippen LogP contribution in [0.25, 0.3) is 0 Å². The number of hydrogen-bond acceptors (Lipinski definition) is 4. The zero-order valence-electron chi connectivity index (χ0n) is 7.07. The molecular weight excluding hydrogens is 236 g/mol. The van der Waals surface area contributed by atoms with Crippen LogP contribution in [0, 0.1) is 0 Å². The van der Waals surface area contributed by atoms with Gasteiger partial charge >= 0.3 is 0 Å². The number of anilines is 1. The van der Waals surface area contributed by atoms with Gasteiger partial charge in [-0.05, 0) is 15.9 Å². The van der Waals surface area contributed by atoms with Crippen LogP contribution in [-0.4, -0.2) is 29.5 Å². The fourth-order valence-corrected chi connectivity index (χ4v) is 1.01. The molecule has 0 fully saturated rings. The van der Waals surface area contributed by atoms with Crippen molar-refractivity contribution < 1.29 is 4.79 Å². The van der Waals surface area contributed by atoms with Crippen LogP contribution in [0.4, 0.5) is 5.95 Å². The van der Waals surface area contributed by atoms with E-state index in [1.165, 1.54) is 0 Å². The van der Waals surface area contributed by atoms with E-state index in [9.17, 15) is 4.79 Å². The number of carbonyl (C=O) groups excluding carboxylic acids is 1. The lowest BCUT2D eigenvalue weighted by molar-refractivity contribution is -0.116. The van der Waals surface area contributed by atoms with Crippen molar-refractivity contribution in [3.05, 3.63) is 16.9 Å². The smallest absolute Gasteiger partial charge is 0.237 e. The summed E-state index contributed by atoms with van der Waals surface area (Å²) in [4.78, 5) is 20.1. The van der Waals surface area contributed by atoms with Crippen molar-refractivity contribution in [1.82, 2.24) is 9.97 Å². The van der Waals surface area contributed by atoms with E-state index in [2.05, 4.69) is 25.9 Å². The molecule has 0 bridgehead atoms. The highest BCUT2D eigenvalue weighted by atomic mass is 79.9. The van der Waals surface area contributed by atoms with Crippen molar-refractivity contribution in [2.75, 3.05) is 18.5 Å². The third-order valence-electron chi connectivity index (χ3n) is 1.34. The van der Waals surface area contributed by atoms with E-state index in [1.807, 2.05) is 0 Å². The number of nitrogens with two attached hydrogens (primary N) is 1. The zero-order valence-corrected chi connectivity index (χ0v) is 8.65. The first-order chi connectivity index (χ1) is 6.09. The summed E-state index contributed by atoms with van der Waals surface area (Å²) in [6, 6.07) is 0. The SMILES string of the molecule is CN(CC(N)=O)c1ncc(Br)cn1. The molecule has 5 nitrogen and oxygen atoms in total. The van der Waals surface area contributed by atoms with Crippen molar-refractivity contribution in [3.8, 4) is 0 Å². The Hall–Kier alpha value is -1.17. The average molecular weight is 245 g/mol. The van der Waals surface area contributed by atoms with E-state index in [-0.39, 0.29) is 6.54 Å². The number of hydrogen-bond donors (Lipinski definition) is 1. The van der Waals surface area contributed by atoms with Gasteiger partial charge in [0.05, 0.1) is 11.0 Å². The van der Waals surface area contributed by atoms with Gasteiger partial charge in [0.15, 0.2) is 0 Å². The first-order valence-corrected chi connectivity index (χ1v) is 4.36. The highest BCUT2D eigenvalue weighted by Gasteiger charge is 2.05. The lowest BCUT2D eigenvalue weighted by Crippen LogP contribution is -2.31. The van der Waals surface area contributed by atoms with E-state index in [0.717, 1.165) is 4.47 Å². The molecule has 0 aliphatic carbocycles. The maximum absolute atomic E-state index is 10.6. The topological polar surface area (TPSA) is 72.1 Å². The van der Waals surface area contributed by atoms with Gasteiger partial charge in [0, 0.05) is 19.4 Å². The number of nitrogens with zero attached hydrogens (tertiary/aromatic N) is 3. The van der Waals surface area contributed by atoms with Crippen molar-refractivity contribution >= 4 is 27.8 Å². The number of likely N-dealkylation sites (N-methyl/N-ethyl adjacent to an activating group) is 1. The fourth-order valence-electron chi connectivity index (χ4n) is 0.807. The van der Waals surface area contributed by atoms with Gasteiger partial charge in [-0.15, -0.1) is 0 Å². The second kappa shape index (κ2) is 4.18. The molecule has 13 heavy (non-hydrogen) atoms. The van der Waals surface area contributed by atoms with E-state index < -0.39 is 5.91 Å². The Bertz CT molecular complexity index is 300. The maximum atomic E-state index is 10.6. The summed E-state index contributed by atoms with van der Waals surface area (Å²) in [5.74, 6) is 0.0658. The first-order valence-electron chi connectivity index (χ1n) is 3.56. The van der Waals surface area contributed by atoms with Gasteiger partial charge in [-0.25, -0.2) is 9.97 Å². The lowest BCUT2D eigenvalue weighted by Gasteiger charge is -2.13. The second-order valence-electron chi connectivity index (χ2n) is 2.52. The summed E-state index contributed by atoms with van der Waals surface area (Å²) in [7, 11) is 1.70. The van der Waals surface area contributed by atoms with Gasteiger partial charge in [-0.1, -0.05) is 0 Å². The lowest BCUT2D eigenvalue weighted by atomic mass is 10.5. The van der Waals surface area contributed by atoms with E-state index >= 15 is 0 Å². The molecule has 6 heteroatoms. The molecule has 1 amide bonds. The number of carbonyl (C=O) groups is 1. The van der Waals surface area contributed by atoms with Crippen molar-refractivity contribution in [2.24, 2.45) is 5.73 Å². The van der Waals surface area contributed by atoms with Crippen LogP contribution in [0.3, 0.4) is 0 Å². The normalized spacial score (nSPS) is 9.69. The van der Waals surface area contributed by atoms with Gasteiger partial charge in [0.25, 0.3) is 0 Å². The highest BCUT2D eigenvalue weighted by molar-refractivity contribution is 9.10. The van der Waals surface area contributed by atoms with Crippen LogP contribution in [0.1, 0.15) is 0 Å². The standard InChI is InChI=1S/C7H9BrN4O/c1-12(4-6(9)13)7-10-2-5(8)3-11-7/h2-3H,4H2,1H3,(H2,9,13). The Kier molecular flexibility index (Phi) is 3.18. The van der Waals surface area contributed by atoms with Crippen LogP contribution < -0.4 is 10.6 Å². The fraction of sp³-hybridized carbons (Fsp3) is 0.286. The quantitative estimate of drug-likeness (QED) is 0.823. The molecule has 0 aromatic carbocycles. The number of rotatable bonds is 3. The number of amides is 1. The summed E-state index contributed by atoms with van der Waals surface area (Å²) in [6.07, 6.45) is 3.22. The number of halogens is 1. The molecule has 0 saturated heterocycles. The van der Waals surface area contributed by atoms with Crippen molar-refractivity contribution in [3.63, 3.8) is 0 Å². The van der Waals surface area contributed by atoms with Crippen LogP contribution in [0.5, 0.6) is 0 Å². The Morgan fingerprint density at radius 3 is 2.62 bits per heavy atom. The molecule has 1 aromatic heterocycles. The summed E-state index contributed by atoms with van der Waals surface area (Å²) in [6.45, 7) is 0.113. The summed E-state index contributed by atoms with van der Waals surface area (Å²) in [5.41, 5.74) is 5.02. The molecule has 0 aliphatic rings. The minimum absolute atomic E-state index is 0.113. The molecule has 0 aliphatic heterocycles. The molecule has 0 radical (unpaired) electrons. The first kappa shape index (κ1) is 9.91. The van der Waals surface area contributed by atoms with Crippen LogP contribution in [-0.2, 0) is 4.79 Å². The second-order valence-corrected chi connectivity index (χ2v) is 3.44. The largest absolute Gasteiger partial charge is 0.368 e. The van der Waals surface area contributed by atoms with E-state index in [1.54, 1.807) is 24.3 Å². The number of aromatic nitrogens is 2. The van der Waals surface area contributed by atoms with Crippen LogP contribution in [0.2, 0.25) is 0 Å². The summed E-state index contributed by atoms with van der Waals surface area (Å²) >= 11 is 3.21. The van der Waals surface area contributed by atoms with Gasteiger partial charge < -0.3 is 10.6 Å². The Balaban J connectivity index is 2.71. The Morgan fingerprint density at radius 1 is 1.62 bits per heavy atom. The molecule has 2 N–H and O–H groups in total. The van der Waals surface area contributed by atoms with E-state index in [0.29, 0.717) is 5.95 Å². The third kappa shape index (κ3) is 2.98. The predicted octanol–water partition coefficient (Wildman–Crippen LogP) is 0.161. The molecule has 1 rings (SSSR count). The van der Waals surface area contributed by atoms with Gasteiger partial charge in [-0.2, -0.15) is 0 Å². The number of primary amides is 1. The molecule has 0 unspecified atom stereocenters. The van der Waals surface area contributed by atoms with Crippen molar-refractivity contribution in [1.29, 1.82) is 0 Å². The molecule has 0 spiro atoms.